The fourth-order valence-electron chi connectivity index (χ4n) is 4.05. The van der Waals surface area contributed by atoms with Gasteiger partial charge in [0.05, 0.1) is 17.7 Å². The number of amides is 1. The van der Waals surface area contributed by atoms with Crippen molar-refractivity contribution in [1.29, 1.82) is 0 Å². The van der Waals surface area contributed by atoms with E-state index in [4.69, 9.17) is 0 Å². The molecule has 2 heterocycles. The summed E-state index contributed by atoms with van der Waals surface area (Å²) < 4.78 is 0. The summed E-state index contributed by atoms with van der Waals surface area (Å²) in [4.78, 5) is 21.0. The minimum atomic E-state index is -0.464. The Hall–Kier alpha value is -1.46. The summed E-state index contributed by atoms with van der Waals surface area (Å²) in [7, 11) is 1.81. The smallest absolute Gasteiger partial charge is 0.255 e. The van der Waals surface area contributed by atoms with E-state index in [0.29, 0.717) is 5.56 Å². The van der Waals surface area contributed by atoms with E-state index in [1.165, 1.54) is 12.8 Å². The average molecular weight is 317 g/mol. The Morgan fingerprint density at radius 1 is 1.26 bits per heavy atom. The standard InChI is InChI=1S/C18H27N3O2/c1-13-10-14(12-19-11-13)18(23)20(2)15-6-5-7-16(17(15)22)21-8-3-4-9-21/h10-12,15-17,22H,3-9H2,1-2H3/t15-,16-,17-/m1/s1. The van der Waals surface area contributed by atoms with Crippen molar-refractivity contribution >= 4 is 5.91 Å². The Morgan fingerprint density at radius 2 is 2.00 bits per heavy atom. The summed E-state index contributed by atoms with van der Waals surface area (Å²) in [6.45, 7) is 4.09. The molecule has 2 aliphatic rings. The van der Waals surface area contributed by atoms with Crippen LogP contribution in [0.4, 0.5) is 0 Å². The van der Waals surface area contributed by atoms with Gasteiger partial charge in [0.1, 0.15) is 0 Å². The van der Waals surface area contributed by atoms with Crippen LogP contribution in [0.2, 0.25) is 0 Å². The average Bonchev–Trinajstić information content (AvgIpc) is 3.08. The largest absolute Gasteiger partial charge is 0.389 e. The molecule has 1 aromatic rings. The maximum Gasteiger partial charge on any atom is 0.255 e. The fraction of sp³-hybridized carbons (Fsp3) is 0.667. The molecule has 0 unspecified atom stereocenters. The molecule has 5 heteroatoms. The van der Waals surface area contributed by atoms with Gasteiger partial charge in [0, 0.05) is 25.5 Å². The molecule has 0 spiro atoms. The summed E-state index contributed by atoms with van der Waals surface area (Å²) in [5, 5.41) is 10.9. The van der Waals surface area contributed by atoms with E-state index in [9.17, 15) is 9.90 Å². The Bertz CT molecular complexity index is 557. The summed E-state index contributed by atoms with van der Waals surface area (Å²) >= 11 is 0. The van der Waals surface area contributed by atoms with Gasteiger partial charge in [-0.3, -0.25) is 14.7 Å². The highest BCUT2D eigenvalue weighted by Crippen LogP contribution is 2.29. The molecule has 23 heavy (non-hydrogen) atoms. The number of aliphatic hydroxyl groups excluding tert-OH is 1. The number of aliphatic hydroxyl groups is 1. The summed E-state index contributed by atoms with van der Waals surface area (Å²) in [5.41, 5.74) is 1.58. The number of carbonyl (C=O) groups is 1. The first kappa shape index (κ1) is 16.4. The Morgan fingerprint density at radius 3 is 2.70 bits per heavy atom. The zero-order valence-electron chi connectivity index (χ0n) is 14.1. The van der Waals surface area contributed by atoms with Crippen LogP contribution in [0, 0.1) is 6.92 Å². The number of aromatic nitrogens is 1. The maximum absolute atomic E-state index is 12.7. The van der Waals surface area contributed by atoms with E-state index < -0.39 is 6.10 Å². The molecular formula is C18H27N3O2. The van der Waals surface area contributed by atoms with Crippen molar-refractivity contribution in [3.8, 4) is 0 Å². The van der Waals surface area contributed by atoms with Crippen molar-refractivity contribution in [2.24, 2.45) is 0 Å². The Balaban J connectivity index is 1.72. The van der Waals surface area contributed by atoms with E-state index in [-0.39, 0.29) is 18.0 Å². The van der Waals surface area contributed by atoms with Crippen LogP contribution in [-0.2, 0) is 0 Å². The molecule has 1 N–H and O–H groups in total. The second-order valence-corrected chi connectivity index (χ2v) is 6.97. The second-order valence-electron chi connectivity index (χ2n) is 6.97. The first-order valence-electron chi connectivity index (χ1n) is 8.69. The van der Waals surface area contributed by atoms with Crippen LogP contribution in [0.15, 0.2) is 18.5 Å². The van der Waals surface area contributed by atoms with Crippen molar-refractivity contribution in [2.75, 3.05) is 20.1 Å². The van der Waals surface area contributed by atoms with Crippen molar-refractivity contribution in [3.63, 3.8) is 0 Å². The lowest BCUT2D eigenvalue weighted by Gasteiger charge is -2.43. The van der Waals surface area contributed by atoms with Crippen LogP contribution < -0.4 is 0 Å². The number of nitrogens with zero attached hydrogens (tertiary/aromatic N) is 3. The monoisotopic (exact) mass is 317 g/mol. The predicted octanol–water partition coefficient (Wildman–Crippen LogP) is 1.84. The van der Waals surface area contributed by atoms with E-state index in [0.717, 1.165) is 37.9 Å². The van der Waals surface area contributed by atoms with Gasteiger partial charge in [0.2, 0.25) is 0 Å². The van der Waals surface area contributed by atoms with Crippen LogP contribution >= 0.6 is 0 Å². The number of carbonyl (C=O) groups excluding carboxylic acids is 1. The lowest BCUT2D eigenvalue weighted by atomic mass is 9.86. The summed E-state index contributed by atoms with van der Waals surface area (Å²) in [6, 6.07) is 1.95. The number of aryl methyl sites for hydroxylation is 1. The highest BCUT2D eigenvalue weighted by molar-refractivity contribution is 5.94. The van der Waals surface area contributed by atoms with Gasteiger partial charge in [-0.25, -0.2) is 0 Å². The lowest BCUT2D eigenvalue weighted by molar-refractivity contribution is -0.0242. The van der Waals surface area contributed by atoms with E-state index in [1.807, 2.05) is 20.0 Å². The van der Waals surface area contributed by atoms with E-state index >= 15 is 0 Å². The molecule has 3 rings (SSSR count). The zero-order chi connectivity index (χ0) is 16.4. The third-order valence-electron chi connectivity index (χ3n) is 5.34. The molecule has 0 bridgehead atoms. The molecule has 126 valence electrons. The second kappa shape index (κ2) is 6.97. The number of pyridine rings is 1. The van der Waals surface area contributed by atoms with Crippen LogP contribution in [-0.4, -0.2) is 64.1 Å². The van der Waals surface area contributed by atoms with Gasteiger partial charge in [0.15, 0.2) is 0 Å². The minimum absolute atomic E-state index is 0.0488. The van der Waals surface area contributed by atoms with Crippen molar-refractivity contribution in [2.45, 2.75) is 57.2 Å². The van der Waals surface area contributed by atoms with Gasteiger partial charge in [-0.1, -0.05) is 0 Å². The minimum Gasteiger partial charge on any atom is -0.389 e. The molecule has 1 aromatic heterocycles. The van der Waals surface area contributed by atoms with Crippen molar-refractivity contribution in [1.82, 2.24) is 14.8 Å². The number of hydrogen-bond donors (Lipinski definition) is 1. The molecule has 1 saturated carbocycles. The van der Waals surface area contributed by atoms with Crippen molar-refractivity contribution < 1.29 is 9.90 Å². The molecular weight excluding hydrogens is 290 g/mol. The van der Waals surface area contributed by atoms with E-state index in [1.54, 1.807) is 17.3 Å². The lowest BCUT2D eigenvalue weighted by Crippen LogP contribution is -2.56. The topological polar surface area (TPSA) is 56.7 Å². The molecule has 2 fully saturated rings. The molecule has 0 radical (unpaired) electrons. The van der Waals surface area contributed by atoms with Gasteiger partial charge in [0.25, 0.3) is 5.91 Å². The quantitative estimate of drug-likeness (QED) is 0.924. The predicted molar refractivity (Wildman–Crippen MR) is 89.3 cm³/mol. The van der Waals surface area contributed by atoms with Crippen LogP contribution in [0.1, 0.15) is 48.0 Å². The number of likely N-dealkylation sites (N-methyl/N-ethyl adjacent to an activating group) is 1. The molecule has 0 aromatic carbocycles. The first-order chi connectivity index (χ1) is 11.1. The summed E-state index contributed by atoms with van der Waals surface area (Å²) in [5.74, 6) is -0.0488. The normalized spacial score (nSPS) is 28.7. The van der Waals surface area contributed by atoms with Crippen LogP contribution in [0.3, 0.4) is 0 Å². The maximum atomic E-state index is 12.7. The molecule has 1 saturated heterocycles. The fourth-order valence-corrected chi connectivity index (χ4v) is 4.05. The molecule has 1 aliphatic carbocycles. The van der Waals surface area contributed by atoms with Gasteiger partial charge < -0.3 is 10.0 Å². The number of rotatable bonds is 3. The van der Waals surface area contributed by atoms with Crippen LogP contribution in [0.5, 0.6) is 0 Å². The highest BCUT2D eigenvalue weighted by atomic mass is 16.3. The van der Waals surface area contributed by atoms with Gasteiger partial charge in [-0.05, 0) is 63.7 Å². The SMILES string of the molecule is Cc1cncc(C(=O)N(C)[C@@H]2CCC[C@@H](N3CCCC3)[C@@H]2O)c1. The third kappa shape index (κ3) is 3.40. The summed E-state index contributed by atoms with van der Waals surface area (Å²) in [6.07, 6.45) is 8.29. The number of likely N-dealkylation sites (tertiary alicyclic amines) is 1. The first-order valence-corrected chi connectivity index (χ1v) is 8.69. The molecule has 1 aliphatic heterocycles. The Labute approximate surface area is 138 Å². The molecule has 3 atom stereocenters. The highest BCUT2D eigenvalue weighted by Gasteiger charge is 2.39. The van der Waals surface area contributed by atoms with Crippen molar-refractivity contribution in [3.05, 3.63) is 29.6 Å². The van der Waals surface area contributed by atoms with E-state index in [2.05, 4.69) is 9.88 Å². The zero-order valence-corrected chi connectivity index (χ0v) is 14.1. The van der Waals surface area contributed by atoms with Gasteiger partial charge in [-0.15, -0.1) is 0 Å². The number of hydrogen-bond acceptors (Lipinski definition) is 4. The Kier molecular flexibility index (Phi) is 4.97. The molecule has 1 amide bonds. The van der Waals surface area contributed by atoms with Gasteiger partial charge >= 0.3 is 0 Å². The van der Waals surface area contributed by atoms with Crippen LogP contribution in [0.25, 0.3) is 0 Å². The van der Waals surface area contributed by atoms with Gasteiger partial charge in [-0.2, -0.15) is 0 Å². The molecule has 5 nitrogen and oxygen atoms in total. The third-order valence-corrected chi connectivity index (χ3v) is 5.34.